The quantitative estimate of drug-likeness (QED) is 0.645. The molecule has 0 aromatic heterocycles. The minimum atomic E-state index is -1.23. The first-order chi connectivity index (χ1) is 5.22. The van der Waals surface area contributed by atoms with E-state index in [-0.39, 0.29) is 6.10 Å². The van der Waals surface area contributed by atoms with Crippen LogP contribution in [0.25, 0.3) is 0 Å². The van der Waals surface area contributed by atoms with Crippen molar-refractivity contribution >= 4 is 16.1 Å². The zero-order chi connectivity index (χ0) is 9.57. The normalized spacial score (nSPS) is 28.8. The molecule has 1 nitrogen and oxygen atoms in total. The Balaban J connectivity index is 2.92. The Morgan fingerprint density at radius 1 is 1.42 bits per heavy atom. The third-order valence-corrected chi connectivity index (χ3v) is 7.52. The highest BCUT2D eigenvalue weighted by Gasteiger charge is 2.37. The average molecular weight is 200 g/mol. The Morgan fingerprint density at radius 2 is 1.92 bits per heavy atom. The molecular weight excluding hydrogens is 180 g/mol. The van der Waals surface area contributed by atoms with E-state index < -0.39 is 16.1 Å². The molecule has 0 saturated carbocycles. The van der Waals surface area contributed by atoms with Crippen molar-refractivity contribution < 1.29 is 5.11 Å². The lowest BCUT2D eigenvalue weighted by molar-refractivity contribution is 0.240. The maximum atomic E-state index is 9.86. The van der Waals surface area contributed by atoms with E-state index in [0.717, 1.165) is 6.04 Å². The van der Waals surface area contributed by atoms with Crippen molar-refractivity contribution in [2.75, 3.05) is 0 Å². The summed E-state index contributed by atoms with van der Waals surface area (Å²) in [6.45, 7) is 11.6. The lowest BCUT2D eigenvalue weighted by Crippen LogP contribution is -2.29. The van der Waals surface area contributed by atoms with Gasteiger partial charge >= 0.3 is 0 Å². The Labute approximate surface area is 77.5 Å². The summed E-state index contributed by atoms with van der Waals surface area (Å²) < 4.78 is 0. The van der Waals surface area contributed by atoms with Crippen LogP contribution >= 0.6 is 0 Å². The van der Waals surface area contributed by atoms with Gasteiger partial charge in [0.05, 0.1) is 22.3 Å². The van der Waals surface area contributed by atoms with Crippen molar-refractivity contribution in [3.63, 3.8) is 0 Å². The van der Waals surface area contributed by atoms with Crippen molar-refractivity contribution in [2.45, 2.75) is 44.9 Å². The Bertz CT molecular complexity index is 213. The molecule has 12 heavy (non-hydrogen) atoms. The van der Waals surface area contributed by atoms with E-state index in [1.165, 1.54) is 5.20 Å². The number of hydrogen-bond donors (Lipinski definition) is 1. The SMILES string of the molecule is C[Si]1(C)C=C([Si](C)(C)C)C(O)C1. The summed E-state index contributed by atoms with van der Waals surface area (Å²) in [6.07, 6.45) is -0.0988. The molecule has 1 unspecified atom stereocenters. The fraction of sp³-hybridized carbons (Fsp3) is 0.778. The average Bonchev–Trinajstić information content (AvgIpc) is 2.03. The van der Waals surface area contributed by atoms with Crippen LogP contribution in [0.1, 0.15) is 0 Å². The van der Waals surface area contributed by atoms with Crippen molar-refractivity contribution in [1.82, 2.24) is 0 Å². The molecule has 0 bridgehead atoms. The second-order valence-corrected chi connectivity index (χ2v) is 15.3. The smallest absolute Gasteiger partial charge is 0.0748 e. The van der Waals surface area contributed by atoms with Gasteiger partial charge in [0.2, 0.25) is 0 Å². The van der Waals surface area contributed by atoms with Crippen LogP contribution in [0.15, 0.2) is 10.9 Å². The minimum absolute atomic E-state index is 0.0988. The lowest BCUT2D eigenvalue weighted by atomic mass is 10.4. The standard InChI is InChI=1S/C9H20OSi2/c1-11(2,3)9-7-12(4,5)6-8(9)10/h7-8,10H,6H2,1-5H3. The van der Waals surface area contributed by atoms with Gasteiger partial charge in [0.25, 0.3) is 0 Å². The van der Waals surface area contributed by atoms with E-state index in [1.807, 2.05) is 0 Å². The van der Waals surface area contributed by atoms with E-state index in [0.29, 0.717) is 0 Å². The Hall–Kier alpha value is 0.134. The molecule has 0 aromatic carbocycles. The minimum Gasteiger partial charge on any atom is -0.389 e. The van der Waals surface area contributed by atoms with E-state index in [1.54, 1.807) is 0 Å². The van der Waals surface area contributed by atoms with Gasteiger partial charge in [-0.2, -0.15) is 0 Å². The topological polar surface area (TPSA) is 20.2 Å². The van der Waals surface area contributed by atoms with Crippen molar-refractivity contribution in [3.05, 3.63) is 10.9 Å². The molecule has 0 spiro atoms. The van der Waals surface area contributed by atoms with Gasteiger partial charge in [-0.1, -0.05) is 43.6 Å². The van der Waals surface area contributed by atoms with Gasteiger partial charge in [0.15, 0.2) is 0 Å². The van der Waals surface area contributed by atoms with E-state index in [9.17, 15) is 5.11 Å². The van der Waals surface area contributed by atoms with Crippen LogP contribution in [0.5, 0.6) is 0 Å². The molecule has 3 heteroatoms. The summed E-state index contributed by atoms with van der Waals surface area (Å²) >= 11 is 0. The maximum Gasteiger partial charge on any atom is 0.0748 e. The predicted molar refractivity (Wildman–Crippen MR) is 59.7 cm³/mol. The van der Waals surface area contributed by atoms with Crippen LogP contribution < -0.4 is 0 Å². The number of hydrogen-bond acceptors (Lipinski definition) is 1. The van der Waals surface area contributed by atoms with Gasteiger partial charge in [-0.05, 0) is 6.04 Å². The van der Waals surface area contributed by atoms with Gasteiger partial charge in [-0.15, -0.1) is 0 Å². The van der Waals surface area contributed by atoms with E-state index >= 15 is 0 Å². The van der Waals surface area contributed by atoms with Gasteiger partial charge < -0.3 is 5.11 Å². The molecule has 1 N–H and O–H groups in total. The van der Waals surface area contributed by atoms with E-state index in [4.69, 9.17) is 0 Å². The molecule has 1 heterocycles. The highest BCUT2D eigenvalue weighted by atomic mass is 28.3. The molecule has 1 rings (SSSR count). The Morgan fingerprint density at radius 3 is 2.08 bits per heavy atom. The van der Waals surface area contributed by atoms with Crippen molar-refractivity contribution in [3.8, 4) is 0 Å². The molecule has 0 saturated heterocycles. The maximum absolute atomic E-state index is 9.86. The second kappa shape index (κ2) is 2.82. The summed E-state index contributed by atoms with van der Waals surface area (Å²) in [5.74, 6) is 0. The first-order valence-electron chi connectivity index (χ1n) is 4.64. The van der Waals surface area contributed by atoms with Gasteiger partial charge in [0, 0.05) is 0 Å². The van der Waals surface area contributed by atoms with Crippen LogP contribution in [0, 0.1) is 0 Å². The highest BCUT2D eigenvalue weighted by molar-refractivity contribution is 6.90. The molecule has 0 aromatic rings. The molecule has 0 aliphatic carbocycles. The third kappa shape index (κ3) is 2.09. The summed E-state index contributed by atoms with van der Waals surface area (Å²) in [5, 5.41) is 11.3. The van der Waals surface area contributed by atoms with Crippen molar-refractivity contribution in [1.29, 1.82) is 0 Å². The number of rotatable bonds is 1. The molecule has 0 fully saturated rings. The summed E-state index contributed by atoms with van der Waals surface area (Å²) in [5.41, 5.74) is 2.43. The zero-order valence-electron chi connectivity index (χ0n) is 8.81. The van der Waals surface area contributed by atoms with Crippen LogP contribution in [0.2, 0.25) is 38.8 Å². The predicted octanol–water partition coefficient (Wildman–Crippen LogP) is 2.41. The Kier molecular flexibility index (Phi) is 2.40. The fourth-order valence-electron chi connectivity index (χ4n) is 1.90. The summed E-state index contributed by atoms with van der Waals surface area (Å²) in [7, 11) is -2.38. The number of aliphatic hydroxyl groups is 1. The zero-order valence-corrected chi connectivity index (χ0v) is 10.8. The van der Waals surface area contributed by atoms with E-state index in [2.05, 4.69) is 38.4 Å². The second-order valence-electron chi connectivity index (χ2n) is 5.56. The van der Waals surface area contributed by atoms with Crippen LogP contribution in [0.4, 0.5) is 0 Å². The number of aliphatic hydroxyl groups excluding tert-OH is 1. The monoisotopic (exact) mass is 200 g/mol. The summed E-state index contributed by atoms with van der Waals surface area (Å²) in [4.78, 5) is 0. The van der Waals surface area contributed by atoms with Gasteiger partial charge in [0.1, 0.15) is 0 Å². The molecule has 0 amide bonds. The highest BCUT2D eigenvalue weighted by Crippen LogP contribution is 2.33. The first kappa shape index (κ1) is 10.2. The largest absolute Gasteiger partial charge is 0.389 e. The van der Waals surface area contributed by atoms with Gasteiger partial charge in [-0.3, -0.25) is 0 Å². The molecule has 0 radical (unpaired) electrons. The van der Waals surface area contributed by atoms with Crippen LogP contribution in [-0.2, 0) is 0 Å². The molecule has 1 aliphatic heterocycles. The summed E-state index contributed by atoms with van der Waals surface area (Å²) in [6, 6.07) is 1.05. The first-order valence-corrected chi connectivity index (χ1v) is 11.4. The molecule has 1 aliphatic rings. The van der Waals surface area contributed by atoms with Crippen LogP contribution in [-0.4, -0.2) is 27.4 Å². The van der Waals surface area contributed by atoms with Gasteiger partial charge in [-0.25, -0.2) is 0 Å². The van der Waals surface area contributed by atoms with Crippen LogP contribution in [0.3, 0.4) is 0 Å². The fourth-order valence-corrected chi connectivity index (χ4v) is 8.48. The third-order valence-electron chi connectivity index (χ3n) is 2.49. The molecule has 1 atom stereocenters. The molecule has 70 valence electrons. The molecular formula is C9H20OSi2. The van der Waals surface area contributed by atoms with Crippen molar-refractivity contribution in [2.24, 2.45) is 0 Å². The lowest BCUT2D eigenvalue weighted by Gasteiger charge is -2.21.